The van der Waals surface area contributed by atoms with E-state index in [1.807, 2.05) is 0 Å². The number of fused-ring (bicyclic) bond motifs is 5. The molecule has 2 aliphatic rings. The molecule has 0 fully saturated rings. The van der Waals surface area contributed by atoms with Gasteiger partial charge in [-0.25, -0.2) is 4.79 Å². The lowest BCUT2D eigenvalue weighted by Gasteiger charge is -2.13. The molecule has 2 aliphatic heterocycles. The lowest BCUT2D eigenvalue weighted by Crippen LogP contribution is -2.19. The maximum Gasteiger partial charge on any atom is 0.349 e. The second-order valence-electron chi connectivity index (χ2n) is 2.35. The summed E-state index contributed by atoms with van der Waals surface area (Å²) in [6, 6.07) is 4.86. The zero-order chi connectivity index (χ0) is 8.55. The molecule has 0 aliphatic carbocycles. The van der Waals surface area contributed by atoms with Crippen LogP contribution in [-0.4, -0.2) is 12.6 Å². The highest BCUT2D eigenvalue weighted by Gasteiger charge is 2.13. The van der Waals surface area contributed by atoms with E-state index < -0.39 is 5.97 Å². The molecule has 0 N–H and O–H groups in total. The largest absolute Gasteiger partial charge is 0.480 e. The highest BCUT2D eigenvalue weighted by Crippen LogP contribution is 2.30. The van der Waals surface area contributed by atoms with Crippen molar-refractivity contribution >= 4 is 17.6 Å². The molecule has 2 bridgehead atoms. The van der Waals surface area contributed by atoms with Crippen molar-refractivity contribution in [2.45, 2.75) is 0 Å². The molecule has 0 aromatic heterocycles. The van der Waals surface area contributed by atoms with Crippen molar-refractivity contribution in [3.05, 3.63) is 23.2 Å². The summed E-state index contributed by atoms with van der Waals surface area (Å²) in [6.45, 7) is -0.0900. The molecular formula is C8H5ClO3. The number of benzene rings is 1. The van der Waals surface area contributed by atoms with E-state index in [2.05, 4.69) is 0 Å². The van der Waals surface area contributed by atoms with Crippen LogP contribution in [0.5, 0.6) is 11.5 Å². The van der Waals surface area contributed by atoms with Gasteiger partial charge in [-0.1, -0.05) is 11.6 Å². The van der Waals surface area contributed by atoms with Crippen LogP contribution in [0.25, 0.3) is 0 Å². The van der Waals surface area contributed by atoms with E-state index >= 15 is 0 Å². The number of esters is 1. The topological polar surface area (TPSA) is 35.5 Å². The first-order valence-electron chi connectivity index (χ1n) is 3.39. The van der Waals surface area contributed by atoms with Crippen molar-refractivity contribution in [1.29, 1.82) is 0 Å². The van der Waals surface area contributed by atoms with E-state index in [0.717, 1.165) is 0 Å². The smallest absolute Gasteiger partial charge is 0.349 e. The van der Waals surface area contributed by atoms with Crippen LogP contribution in [0.1, 0.15) is 0 Å². The number of halogens is 1. The third-order valence-electron chi connectivity index (χ3n) is 1.48. The summed E-state index contributed by atoms with van der Waals surface area (Å²) in [4.78, 5) is 10.8. The molecule has 1 aromatic rings. The highest BCUT2D eigenvalue weighted by atomic mass is 35.5. The Balaban J connectivity index is 2.49. The number of rotatable bonds is 0. The van der Waals surface area contributed by atoms with E-state index in [1.165, 1.54) is 0 Å². The van der Waals surface area contributed by atoms with Gasteiger partial charge < -0.3 is 9.47 Å². The molecule has 0 saturated carbocycles. The van der Waals surface area contributed by atoms with E-state index in [4.69, 9.17) is 21.1 Å². The maximum absolute atomic E-state index is 10.8. The Bertz CT molecular complexity index is 335. The van der Waals surface area contributed by atoms with Gasteiger partial charge in [0.2, 0.25) is 0 Å². The Morgan fingerprint density at radius 3 is 3.00 bits per heavy atom. The number of hydrogen-bond acceptors (Lipinski definition) is 3. The molecule has 2 heterocycles. The lowest BCUT2D eigenvalue weighted by molar-refractivity contribution is -0.136. The molecule has 62 valence electrons. The van der Waals surface area contributed by atoms with Gasteiger partial charge in [-0.05, 0) is 12.1 Å². The van der Waals surface area contributed by atoms with Crippen LogP contribution in [0.3, 0.4) is 0 Å². The molecule has 3 nitrogen and oxygen atoms in total. The molecule has 3 rings (SSSR count). The average molecular weight is 185 g/mol. The Kier molecular flexibility index (Phi) is 1.66. The fourth-order valence-corrected chi connectivity index (χ4v) is 1.18. The Hall–Kier alpha value is -1.22. The number of carbonyl (C=O) groups excluding carboxylic acids is 1. The van der Waals surface area contributed by atoms with Crippen molar-refractivity contribution in [2.75, 3.05) is 6.61 Å². The first-order valence-corrected chi connectivity index (χ1v) is 3.76. The van der Waals surface area contributed by atoms with Gasteiger partial charge >= 0.3 is 5.97 Å². The Morgan fingerprint density at radius 2 is 2.25 bits per heavy atom. The Morgan fingerprint density at radius 1 is 1.42 bits per heavy atom. The maximum atomic E-state index is 10.8. The second kappa shape index (κ2) is 2.68. The fraction of sp³-hybridized carbons (Fsp3) is 0.125. The van der Waals surface area contributed by atoms with E-state index in [1.54, 1.807) is 18.2 Å². The van der Waals surface area contributed by atoms with Crippen molar-refractivity contribution in [3.63, 3.8) is 0 Å². The zero-order valence-electron chi connectivity index (χ0n) is 6.04. The quantitative estimate of drug-likeness (QED) is 0.454. The highest BCUT2D eigenvalue weighted by molar-refractivity contribution is 6.32. The van der Waals surface area contributed by atoms with Crippen molar-refractivity contribution < 1.29 is 14.3 Å². The summed E-state index contributed by atoms with van der Waals surface area (Å²) in [7, 11) is 0. The van der Waals surface area contributed by atoms with Crippen LogP contribution in [0.2, 0.25) is 5.02 Å². The summed E-state index contributed by atoms with van der Waals surface area (Å²) in [5.41, 5.74) is 0. The van der Waals surface area contributed by atoms with Gasteiger partial charge in [0, 0.05) is 6.07 Å². The molecule has 12 heavy (non-hydrogen) atoms. The fourth-order valence-electron chi connectivity index (χ4n) is 0.960. The van der Waals surface area contributed by atoms with Gasteiger partial charge in [0.25, 0.3) is 0 Å². The molecular weight excluding hydrogens is 180 g/mol. The van der Waals surface area contributed by atoms with Crippen molar-refractivity contribution in [3.8, 4) is 11.5 Å². The first-order chi connectivity index (χ1) is 5.75. The van der Waals surface area contributed by atoms with E-state index in [9.17, 15) is 4.79 Å². The first kappa shape index (κ1) is 7.43. The summed E-state index contributed by atoms with van der Waals surface area (Å²) in [5.74, 6) is 0.557. The normalized spacial score (nSPS) is 14.6. The number of ether oxygens (including phenoxy) is 2. The summed E-state index contributed by atoms with van der Waals surface area (Å²) >= 11 is 5.77. The van der Waals surface area contributed by atoms with Gasteiger partial charge in [0.05, 0.1) is 5.02 Å². The van der Waals surface area contributed by atoms with Crippen LogP contribution < -0.4 is 9.47 Å². The summed E-state index contributed by atoms with van der Waals surface area (Å²) < 4.78 is 9.88. The minimum Gasteiger partial charge on any atom is -0.480 e. The number of carbonyl (C=O) groups is 1. The van der Waals surface area contributed by atoms with E-state index in [0.29, 0.717) is 16.5 Å². The van der Waals surface area contributed by atoms with Crippen LogP contribution in [0.15, 0.2) is 18.2 Å². The predicted octanol–water partition coefficient (Wildman–Crippen LogP) is 1.64. The van der Waals surface area contributed by atoms with Crippen LogP contribution in [-0.2, 0) is 4.79 Å². The summed E-state index contributed by atoms with van der Waals surface area (Å²) in [6.07, 6.45) is 0. The third kappa shape index (κ3) is 1.23. The number of hydrogen-bond donors (Lipinski definition) is 0. The molecule has 0 radical (unpaired) electrons. The third-order valence-corrected chi connectivity index (χ3v) is 1.78. The molecule has 0 spiro atoms. The Labute approximate surface area is 73.8 Å². The van der Waals surface area contributed by atoms with Gasteiger partial charge in [-0.3, -0.25) is 0 Å². The zero-order valence-corrected chi connectivity index (χ0v) is 6.80. The summed E-state index contributed by atoms with van der Waals surface area (Å²) in [5, 5.41) is 0.458. The van der Waals surface area contributed by atoms with E-state index in [-0.39, 0.29) is 6.61 Å². The molecule has 0 unspecified atom stereocenters. The van der Waals surface area contributed by atoms with Gasteiger partial charge in [0.15, 0.2) is 6.61 Å². The van der Waals surface area contributed by atoms with Crippen LogP contribution in [0.4, 0.5) is 0 Å². The van der Waals surface area contributed by atoms with Gasteiger partial charge in [-0.2, -0.15) is 0 Å². The minimum atomic E-state index is -0.410. The average Bonchev–Trinajstić information content (AvgIpc) is 1.99. The molecule has 0 amide bonds. The molecule has 0 atom stereocenters. The van der Waals surface area contributed by atoms with Crippen LogP contribution >= 0.6 is 11.6 Å². The van der Waals surface area contributed by atoms with Crippen molar-refractivity contribution in [2.24, 2.45) is 0 Å². The molecule has 0 saturated heterocycles. The SMILES string of the molecule is O=C1COc2ccc(cc2Cl)O1. The second-order valence-corrected chi connectivity index (χ2v) is 2.76. The lowest BCUT2D eigenvalue weighted by atomic mass is 10.3. The van der Waals surface area contributed by atoms with Gasteiger partial charge in [-0.15, -0.1) is 0 Å². The van der Waals surface area contributed by atoms with Gasteiger partial charge in [0.1, 0.15) is 11.5 Å². The minimum absolute atomic E-state index is 0.0900. The molecule has 4 heteroatoms. The predicted molar refractivity (Wildman–Crippen MR) is 42.6 cm³/mol. The van der Waals surface area contributed by atoms with Crippen molar-refractivity contribution in [1.82, 2.24) is 0 Å². The van der Waals surface area contributed by atoms with Crippen LogP contribution in [0, 0.1) is 0 Å². The molecule has 1 aromatic carbocycles. The standard InChI is InChI=1S/C8H5ClO3/c9-6-3-5-1-2-7(6)11-4-8(10)12-5/h1-3H,4H2. The monoisotopic (exact) mass is 184 g/mol.